The lowest BCUT2D eigenvalue weighted by molar-refractivity contribution is 0.720. The second-order valence-corrected chi connectivity index (χ2v) is 4.86. The van der Waals surface area contributed by atoms with Gasteiger partial charge >= 0.3 is 0 Å². The van der Waals surface area contributed by atoms with Gasteiger partial charge in [0.2, 0.25) is 0 Å². The van der Waals surface area contributed by atoms with E-state index in [0.29, 0.717) is 0 Å². The Bertz CT molecular complexity index is 316. The average Bonchev–Trinajstić information content (AvgIpc) is 2.76. The van der Waals surface area contributed by atoms with Crippen LogP contribution in [-0.2, 0) is 6.54 Å². The van der Waals surface area contributed by atoms with E-state index in [0.717, 1.165) is 18.4 Å². The molecule has 1 saturated carbocycles. The van der Waals surface area contributed by atoms with E-state index in [1.54, 1.807) is 10.4 Å². The van der Waals surface area contributed by atoms with E-state index in [9.17, 15) is 0 Å². The van der Waals surface area contributed by atoms with E-state index < -0.39 is 0 Å². The molecule has 64 valence electrons. The van der Waals surface area contributed by atoms with Crippen LogP contribution in [0.3, 0.4) is 0 Å². The molecule has 2 heteroatoms. The molecule has 2 atom stereocenters. The molecule has 3 rings (SSSR count). The fraction of sp³-hybridized carbons (Fsp3) is 0.600. The number of fused-ring (bicyclic) bond motifs is 5. The third-order valence-electron chi connectivity index (χ3n) is 3.37. The van der Waals surface area contributed by atoms with Crippen LogP contribution in [0, 0.1) is 0 Å². The topological polar surface area (TPSA) is 26.0 Å². The number of nitrogens with two attached hydrogens (primary N) is 1. The highest BCUT2D eigenvalue weighted by atomic mass is 32.1. The van der Waals surface area contributed by atoms with E-state index in [4.69, 9.17) is 5.73 Å². The average molecular weight is 179 g/mol. The van der Waals surface area contributed by atoms with Crippen LogP contribution in [-0.4, -0.2) is 0 Å². The third kappa shape index (κ3) is 0.723. The highest BCUT2D eigenvalue weighted by molar-refractivity contribution is 7.10. The van der Waals surface area contributed by atoms with Crippen LogP contribution in [0.25, 0.3) is 0 Å². The van der Waals surface area contributed by atoms with Crippen molar-refractivity contribution in [2.45, 2.75) is 37.6 Å². The van der Waals surface area contributed by atoms with Crippen LogP contribution in [0.4, 0.5) is 0 Å². The van der Waals surface area contributed by atoms with Crippen LogP contribution in [0.15, 0.2) is 5.38 Å². The zero-order valence-electron chi connectivity index (χ0n) is 7.05. The van der Waals surface area contributed by atoms with Gasteiger partial charge < -0.3 is 5.73 Å². The number of rotatable bonds is 1. The zero-order valence-corrected chi connectivity index (χ0v) is 7.86. The molecular formula is C10H13NS. The largest absolute Gasteiger partial charge is 0.326 e. The molecule has 2 unspecified atom stereocenters. The van der Waals surface area contributed by atoms with Gasteiger partial charge in [-0.15, -0.1) is 11.3 Å². The van der Waals surface area contributed by atoms with Gasteiger partial charge in [0.1, 0.15) is 0 Å². The van der Waals surface area contributed by atoms with E-state index in [1.165, 1.54) is 24.8 Å². The molecule has 2 bridgehead atoms. The van der Waals surface area contributed by atoms with E-state index >= 15 is 0 Å². The fourth-order valence-electron chi connectivity index (χ4n) is 2.84. The smallest absolute Gasteiger partial charge is 0.0189 e. The first-order chi connectivity index (χ1) is 5.90. The molecule has 1 nitrogen and oxygen atoms in total. The van der Waals surface area contributed by atoms with Gasteiger partial charge in [-0.25, -0.2) is 0 Å². The Kier molecular flexibility index (Phi) is 1.38. The summed E-state index contributed by atoms with van der Waals surface area (Å²) in [6.45, 7) is 0.745. The molecule has 12 heavy (non-hydrogen) atoms. The maximum Gasteiger partial charge on any atom is 0.0189 e. The maximum absolute atomic E-state index is 5.71. The first-order valence-electron chi connectivity index (χ1n) is 4.70. The van der Waals surface area contributed by atoms with Crippen molar-refractivity contribution in [3.8, 4) is 0 Å². The lowest BCUT2D eigenvalue weighted by Crippen LogP contribution is -2.01. The van der Waals surface area contributed by atoms with Gasteiger partial charge in [0.15, 0.2) is 0 Å². The van der Waals surface area contributed by atoms with Gasteiger partial charge in [-0.1, -0.05) is 0 Å². The van der Waals surface area contributed by atoms with Crippen molar-refractivity contribution in [1.29, 1.82) is 0 Å². The lowest BCUT2D eigenvalue weighted by atomic mass is 9.95. The van der Waals surface area contributed by atoms with E-state index in [2.05, 4.69) is 5.38 Å². The molecular weight excluding hydrogens is 166 g/mol. The first-order valence-corrected chi connectivity index (χ1v) is 5.58. The van der Waals surface area contributed by atoms with Crippen molar-refractivity contribution in [3.05, 3.63) is 21.4 Å². The second kappa shape index (κ2) is 2.33. The Hall–Kier alpha value is -0.340. The summed E-state index contributed by atoms with van der Waals surface area (Å²) in [5.41, 5.74) is 8.79. The Balaban J connectivity index is 2.16. The predicted molar refractivity (Wildman–Crippen MR) is 51.5 cm³/mol. The summed E-state index contributed by atoms with van der Waals surface area (Å²) in [6, 6.07) is 0. The standard InChI is InChI=1S/C10H13NS/c11-4-8-5-12-10-7-2-1-6(3-7)9(8)10/h5-7H,1-4,11H2. The Morgan fingerprint density at radius 2 is 2.25 bits per heavy atom. The van der Waals surface area contributed by atoms with E-state index in [-0.39, 0.29) is 0 Å². The highest BCUT2D eigenvalue weighted by Gasteiger charge is 2.39. The SMILES string of the molecule is NCc1csc2c1C1CCC2C1. The minimum atomic E-state index is 0.745. The second-order valence-electron chi connectivity index (χ2n) is 3.95. The van der Waals surface area contributed by atoms with E-state index in [1.807, 2.05) is 11.3 Å². The van der Waals surface area contributed by atoms with Gasteiger partial charge in [-0.05, 0) is 47.6 Å². The first kappa shape index (κ1) is 7.10. The lowest BCUT2D eigenvalue weighted by Gasteiger charge is -2.11. The van der Waals surface area contributed by atoms with Crippen molar-refractivity contribution < 1.29 is 0 Å². The molecule has 0 spiro atoms. The summed E-state index contributed by atoms with van der Waals surface area (Å²) in [4.78, 5) is 1.67. The predicted octanol–water partition coefficient (Wildman–Crippen LogP) is 2.57. The minimum absolute atomic E-state index is 0.745. The molecule has 0 aromatic carbocycles. The van der Waals surface area contributed by atoms with Crippen molar-refractivity contribution >= 4 is 11.3 Å². The van der Waals surface area contributed by atoms with Gasteiger partial charge in [0.05, 0.1) is 0 Å². The summed E-state index contributed by atoms with van der Waals surface area (Å²) in [6.07, 6.45) is 4.28. The summed E-state index contributed by atoms with van der Waals surface area (Å²) >= 11 is 1.95. The van der Waals surface area contributed by atoms with Crippen LogP contribution in [0.5, 0.6) is 0 Å². The fourth-order valence-corrected chi connectivity index (χ4v) is 4.16. The van der Waals surface area contributed by atoms with Crippen molar-refractivity contribution in [3.63, 3.8) is 0 Å². The molecule has 0 radical (unpaired) electrons. The van der Waals surface area contributed by atoms with Crippen molar-refractivity contribution in [1.82, 2.24) is 0 Å². The highest BCUT2D eigenvalue weighted by Crippen LogP contribution is 2.56. The number of thiophene rings is 1. The monoisotopic (exact) mass is 179 g/mol. The normalized spacial score (nSPS) is 31.1. The number of hydrogen-bond donors (Lipinski definition) is 1. The molecule has 1 fully saturated rings. The van der Waals surface area contributed by atoms with Gasteiger partial charge in [-0.3, -0.25) is 0 Å². The molecule has 0 amide bonds. The van der Waals surface area contributed by atoms with Crippen molar-refractivity contribution in [2.75, 3.05) is 0 Å². The number of hydrogen-bond acceptors (Lipinski definition) is 2. The van der Waals surface area contributed by atoms with Crippen LogP contribution < -0.4 is 5.73 Å². The zero-order chi connectivity index (χ0) is 8.13. The van der Waals surface area contributed by atoms with Crippen LogP contribution in [0.1, 0.15) is 47.1 Å². The quantitative estimate of drug-likeness (QED) is 0.704. The van der Waals surface area contributed by atoms with Gasteiger partial charge in [-0.2, -0.15) is 0 Å². The Labute approximate surface area is 76.6 Å². The Morgan fingerprint density at radius 1 is 1.42 bits per heavy atom. The minimum Gasteiger partial charge on any atom is -0.326 e. The summed E-state index contributed by atoms with van der Waals surface area (Å²) < 4.78 is 0. The summed E-state index contributed by atoms with van der Waals surface area (Å²) in [5, 5.41) is 2.27. The molecule has 2 N–H and O–H groups in total. The van der Waals surface area contributed by atoms with Gasteiger partial charge in [0.25, 0.3) is 0 Å². The molecule has 1 heterocycles. The molecule has 0 saturated heterocycles. The summed E-state index contributed by atoms with van der Waals surface area (Å²) in [5.74, 6) is 1.80. The molecule has 1 aromatic heterocycles. The third-order valence-corrected chi connectivity index (χ3v) is 4.58. The van der Waals surface area contributed by atoms with Gasteiger partial charge in [0, 0.05) is 11.4 Å². The maximum atomic E-state index is 5.71. The summed E-state index contributed by atoms with van der Waals surface area (Å²) in [7, 11) is 0. The molecule has 1 aromatic rings. The van der Waals surface area contributed by atoms with Crippen LogP contribution >= 0.6 is 11.3 Å². The van der Waals surface area contributed by atoms with Crippen molar-refractivity contribution in [2.24, 2.45) is 5.73 Å². The molecule has 2 aliphatic rings. The Morgan fingerprint density at radius 3 is 3.08 bits per heavy atom. The molecule has 2 aliphatic carbocycles. The van der Waals surface area contributed by atoms with Crippen LogP contribution in [0.2, 0.25) is 0 Å². The molecule has 0 aliphatic heterocycles.